The lowest BCUT2D eigenvalue weighted by atomic mass is 10.0. The Morgan fingerprint density at radius 3 is 2.61 bits per heavy atom. The third-order valence-corrected chi connectivity index (χ3v) is 7.63. The first-order valence-corrected chi connectivity index (χ1v) is 12.2. The van der Waals surface area contributed by atoms with Gasteiger partial charge in [-0.1, -0.05) is 35.6 Å². The maximum atomic E-state index is 13.8. The molecule has 4 heterocycles. The molecular formula is C24H21N3O4S2. The number of allylic oxidation sites excluding steroid dienone is 1. The van der Waals surface area contributed by atoms with Gasteiger partial charge < -0.3 is 9.64 Å². The van der Waals surface area contributed by atoms with E-state index in [0.717, 1.165) is 16.1 Å². The van der Waals surface area contributed by atoms with Gasteiger partial charge in [0.25, 0.3) is 11.5 Å². The molecule has 0 spiro atoms. The minimum atomic E-state index is -0.661. The molecule has 1 amide bonds. The first-order valence-electron chi connectivity index (χ1n) is 10.5. The minimum absolute atomic E-state index is 0.232. The van der Waals surface area contributed by atoms with Crippen LogP contribution in [0.3, 0.4) is 0 Å². The van der Waals surface area contributed by atoms with Gasteiger partial charge in [0.05, 0.1) is 28.6 Å². The van der Waals surface area contributed by atoms with Crippen LogP contribution in [-0.4, -0.2) is 29.6 Å². The number of carbonyl (C=O) groups excluding carboxylic acids is 2. The highest BCUT2D eigenvalue weighted by molar-refractivity contribution is 7.10. The number of thiazole rings is 1. The highest BCUT2D eigenvalue weighted by atomic mass is 32.1. The van der Waals surface area contributed by atoms with Crippen LogP contribution < -0.4 is 19.8 Å². The number of aromatic nitrogens is 1. The molecule has 0 N–H and O–H groups in total. The fourth-order valence-electron chi connectivity index (χ4n) is 4.22. The summed E-state index contributed by atoms with van der Waals surface area (Å²) < 4.78 is 7.34. The standard InChI is InChI=1S/C24H21N3O4S2/c1-12(2)31-23(30)17-13(3)25-24-27(19(17)16-10-7-11-32-16)22(29)20(33-24)18-14-8-5-6-9-15(14)26(4)21(18)28/h5-12,19H,1-4H3/b20-18-/t19-/m0/s1. The molecular weight excluding hydrogens is 458 g/mol. The average Bonchev–Trinajstić information content (AvgIpc) is 3.46. The van der Waals surface area contributed by atoms with Gasteiger partial charge in [0.15, 0.2) is 4.80 Å². The molecule has 0 bridgehead atoms. The van der Waals surface area contributed by atoms with Gasteiger partial charge in [-0.15, -0.1) is 11.3 Å². The Labute approximate surface area is 197 Å². The Kier molecular flexibility index (Phi) is 5.18. The Bertz CT molecular complexity index is 1510. The molecule has 3 aromatic rings. The van der Waals surface area contributed by atoms with Gasteiger partial charge in [-0.2, -0.15) is 0 Å². The number of carbonyl (C=O) groups is 2. The zero-order valence-electron chi connectivity index (χ0n) is 18.5. The van der Waals surface area contributed by atoms with Crippen LogP contribution in [-0.2, 0) is 14.3 Å². The van der Waals surface area contributed by atoms with Gasteiger partial charge in [-0.25, -0.2) is 9.79 Å². The van der Waals surface area contributed by atoms with Crippen LogP contribution >= 0.6 is 22.7 Å². The molecule has 0 aliphatic carbocycles. The van der Waals surface area contributed by atoms with E-state index in [2.05, 4.69) is 4.99 Å². The van der Waals surface area contributed by atoms with E-state index in [4.69, 9.17) is 4.74 Å². The van der Waals surface area contributed by atoms with Crippen molar-refractivity contribution in [2.45, 2.75) is 32.9 Å². The van der Waals surface area contributed by atoms with Crippen molar-refractivity contribution in [1.82, 2.24) is 4.57 Å². The normalized spacial score (nSPS) is 19.0. The van der Waals surface area contributed by atoms with Crippen molar-refractivity contribution in [3.63, 3.8) is 0 Å². The quantitative estimate of drug-likeness (QED) is 0.541. The molecule has 2 aromatic heterocycles. The van der Waals surface area contributed by atoms with Crippen LogP contribution in [0.15, 0.2) is 62.8 Å². The number of fused-ring (bicyclic) bond motifs is 2. The van der Waals surface area contributed by atoms with Gasteiger partial charge in [0, 0.05) is 17.5 Å². The molecule has 0 unspecified atom stereocenters. The summed E-state index contributed by atoms with van der Waals surface area (Å²) in [4.78, 5) is 47.4. The summed E-state index contributed by atoms with van der Waals surface area (Å²) in [6, 6.07) is 10.5. The summed E-state index contributed by atoms with van der Waals surface area (Å²) in [5.41, 5.74) is 2.35. The molecule has 7 nitrogen and oxygen atoms in total. The summed E-state index contributed by atoms with van der Waals surface area (Å²) in [6.07, 6.45) is -0.309. The minimum Gasteiger partial charge on any atom is -0.459 e. The lowest BCUT2D eigenvalue weighted by molar-refractivity contribution is -0.143. The second-order valence-electron chi connectivity index (χ2n) is 8.13. The maximum Gasteiger partial charge on any atom is 0.338 e. The molecule has 5 rings (SSSR count). The average molecular weight is 480 g/mol. The van der Waals surface area contributed by atoms with Crippen molar-refractivity contribution in [1.29, 1.82) is 0 Å². The van der Waals surface area contributed by atoms with E-state index in [-0.39, 0.29) is 17.6 Å². The second-order valence-corrected chi connectivity index (χ2v) is 10.1. The van der Waals surface area contributed by atoms with Crippen molar-refractivity contribution < 1.29 is 14.3 Å². The summed E-state index contributed by atoms with van der Waals surface area (Å²) >= 11 is 2.63. The van der Waals surface area contributed by atoms with E-state index in [0.29, 0.717) is 26.2 Å². The van der Waals surface area contributed by atoms with E-state index in [1.54, 1.807) is 32.7 Å². The van der Waals surface area contributed by atoms with Crippen molar-refractivity contribution >= 4 is 45.8 Å². The summed E-state index contributed by atoms with van der Waals surface area (Å²) in [5, 5.41) is 1.90. The molecule has 2 aliphatic rings. The van der Waals surface area contributed by atoms with Crippen LogP contribution in [0.2, 0.25) is 0 Å². The number of hydrogen-bond acceptors (Lipinski definition) is 7. The molecule has 2 aliphatic heterocycles. The Morgan fingerprint density at radius 2 is 1.91 bits per heavy atom. The molecule has 0 fully saturated rings. The van der Waals surface area contributed by atoms with Crippen LogP contribution in [0.1, 0.15) is 37.3 Å². The number of esters is 1. The first kappa shape index (κ1) is 21.5. The molecule has 1 aromatic carbocycles. The summed E-state index contributed by atoms with van der Waals surface area (Å²) in [7, 11) is 1.70. The van der Waals surface area contributed by atoms with Crippen LogP contribution in [0.4, 0.5) is 5.69 Å². The summed E-state index contributed by atoms with van der Waals surface area (Å²) in [6.45, 7) is 5.32. The number of amides is 1. The molecule has 1 atom stereocenters. The largest absolute Gasteiger partial charge is 0.459 e. The number of rotatable bonds is 3. The zero-order valence-corrected chi connectivity index (χ0v) is 20.1. The highest BCUT2D eigenvalue weighted by Crippen LogP contribution is 2.35. The fourth-order valence-corrected chi connectivity index (χ4v) is 6.18. The number of thiophene rings is 1. The van der Waals surface area contributed by atoms with E-state index in [9.17, 15) is 14.4 Å². The summed E-state index contributed by atoms with van der Waals surface area (Å²) in [5.74, 6) is -0.728. The first-order chi connectivity index (χ1) is 15.8. The van der Waals surface area contributed by atoms with Gasteiger partial charge in [-0.3, -0.25) is 14.2 Å². The maximum absolute atomic E-state index is 13.8. The van der Waals surface area contributed by atoms with Crippen molar-refractivity contribution in [2.75, 3.05) is 11.9 Å². The number of benzene rings is 1. The lowest BCUT2D eigenvalue weighted by Crippen LogP contribution is -2.40. The van der Waals surface area contributed by atoms with E-state index in [1.165, 1.54) is 27.2 Å². The lowest BCUT2D eigenvalue weighted by Gasteiger charge is -2.24. The van der Waals surface area contributed by atoms with Crippen molar-refractivity contribution in [3.05, 3.63) is 83.2 Å². The van der Waals surface area contributed by atoms with E-state index >= 15 is 0 Å². The monoisotopic (exact) mass is 479 g/mol. The molecule has 0 saturated carbocycles. The number of ether oxygens (including phenoxy) is 1. The van der Waals surface area contributed by atoms with Gasteiger partial charge in [0.2, 0.25) is 0 Å². The topological polar surface area (TPSA) is 81.0 Å². The van der Waals surface area contributed by atoms with E-state index < -0.39 is 12.0 Å². The highest BCUT2D eigenvalue weighted by Gasteiger charge is 2.36. The van der Waals surface area contributed by atoms with Crippen LogP contribution in [0.25, 0.3) is 5.57 Å². The second kappa shape index (κ2) is 7.93. The number of para-hydroxylation sites is 1. The number of anilines is 1. The van der Waals surface area contributed by atoms with Crippen LogP contribution in [0.5, 0.6) is 0 Å². The molecule has 33 heavy (non-hydrogen) atoms. The Balaban J connectivity index is 1.81. The smallest absolute Gasteiger partial charge is 0.338 e. The molecule has 168 valence electrons. The predicted octanol–water partition coefficient (Wildman–Crippen LogP) is 2.59. The SMILES string of the molecule is CC1=C(C(=O)OC(C)C)[C@H](c2cccs2)n2c(s/c(=C3\C(=O)N(C)c4ccccc43)c2=O)=N1. The molecule has 0 saturated heterocycles. The molecule has 9 heteroatoms. The van der Waals surface area contributed by atoms with E-state index in [1.807, 2.05) is 41.8 Å². The number of likely N-dealkylation sites (N-methyl/N-ethyl adjacent to an activating group) is 1. The van der Waals surface area contributed by atoms with Gasteiger partial charge in [-0.05, 0) is 38.3 Å². The Morgan fingerprint density at radius 1 is 1.15 bits per heavy atom. The molecule has 0 radical (unpaired) electrons. The van der Waals surface area contributed by atoms with Crippen LogP contribution in [0, 0.1) is 0 Å². The third kappa shape index (κ3) is 3.30. The van der Waals surface area contributed by atoms with Gasteiger partial charge in [0.1, 0.15) is 10.6 Å². The van der Waals surface area contributed by atoms with Gasteiger partial charge >= 0.3 is 5.97 Å². The van der Waals surface area contributed by atoms with Crippen molar-refractivity contribution in [2.24, 2.45) is 4.99 Å². The number of nitrogens with zero attached hydrogens (tertiary/aromatic N) is 3. The predicted molar refractivity (Wildman–Crippen MR) is 128 cm³/mol. The Hall–Kier alpha value is -3.30. The van der Waals surface area contributed by atoms with Crippen molar-refractivity contribution in [3.8, 4) is 0 Å². The zero-order chi connectivity index (χ0) is 23.4. The third-order valence-electron chi connectivity index (χ3n) is 5.65. The fraction of sp³-hybridized carbons (Fsp3) is 0.250. The number of hydrogen-bond donors (Lipinski definition) is 0.